The van der Waals surface area contributed by atoms with Crippen molar-refractivity contribution in [1.82, 2.24) is 0 Å². The predicted molar refractivity (Wildman–Crippen MR) is 298 cm³/mol. The van der Waals surface area contributed by atoms with E-state index >= 15 is 0 Å². The molecule has 7 nitrogen and oxygen atoms in total. The van der Waals surface area contributed by atoms with E-state index in [0.29, 0.717) is 13.2 Å². The predicted octanol–water partition coefficient (Wildman–Crippen LogP) is 20.7. The van der Waals surface area contributed by atoms with E-state index in [9.17, 15) is 0 Å². The minimum atomic E-state index is -0.291. The summed E-state index contributed by atoms with van der Waals surface area (Å²) >= 11 is 0. The molecule has 0 saturated carbocycles. The zero-order valence-corrected chi connectivity index (χ0v) is 48.0. The zero-order valence-electron chi connectivity index (χ0n) is 48.0. The Morgan fingerprint density at radius 1 is 0.261 bits per heavy atom. The van der Waals surface area contributed by atoms with Crippen molar-refractivity contribution >= 4 is 0 Å². The van der Waals surface area contributed by atoms with Gasteiger partial charge in [-0.25, -0.2) is 0 Å². The first-order valence-electron chi connectivity index (χ1n) is 30.8. The molecule has 69 heavy (non-hydrogen) atoms. The molecule has 0 aromatic carbocycles. The Bertz CT molecular complexity index is 993. The van der Waals surface area contributed by atoms with E-state index in [1.165, 1.54) is 218 Å². The number of rotatable bonds is 58. The van der Waals surface area contributed by atoms with Crippen LogP contribution in [0.5, 0.6) is 0 Å². The lowest BCUT2D eigenvalue weighted by Crippen LogP contribution is -2.22. The molecule has 0 amide bonds. The maximum absolute atomic E-state index is 6.65. The van der Waals surface area contributed by atoms with Crippen LogP contribution in [-0.4, -0.2) is 52.2 Å². The lowest BCUT2D eigenvalue weighted by molar-refractivity contribution is -0.160. The highest BCUT2D eigenvalue weighted by Gasteiger charge is 2.21. The van der Waals surface area contributed by atoms with Gasteiger partial charge in [-0.2, -0.15) is 0 Å². The SMILES string of the molecule is CCCCCCCCCCCCC(OCCCCCCC)=C(OCCCCCCC)C(C)OCOCOC(C)C(OCCCCCCC)=C(CCCCCCCCCCCC)OCCCCCCC. The van der Waals surface area contributed by atoms with Crippen molar-refractivity contribution in [3.63, 3.8) is 0 Å². The highest BCUT2D eigenvalue weighted by Crippen LogP contribution is 2.26. The van der Waals surface area contributed by atoms with Gasteiger partial charge in [-0.3, -0.25) is 0 Å². The normalized spacial score (nSPS) is 13.3. The third-order valence-electron chi connectivity index (χ3n) is 13.7. The molecule has 2 atom stereocenters. The van der Waals surface area contributed by atoms with Crippen LogP contribution in [0.1, 0.15) is 325 Å². The molecular weight excluding hydrogens is 857 g/mol. The highest BCUT2D eigenvalue weighted by atomic mass is 16.7. The quantitative estimate of drug-likeness (QED) is 0.0342. The van der Waals surface area contributed by atoms with Crippen molar-refractivity contribution < 1.29 is 33.2 Å². The largest absolute Gasteiger partial charge is 0.494 e. The Balaban J connectivity index is 5.90. The van der Waals surface area contributed by atoms with Crippen molar-refractivity contribution in [2.75, 3.05) is 40.0 Å². The van der Waals surface area contributed by atoms with E-state index in [0.717, 1.165) is 87.6 Å². The van der Waals surface area contributed by atoms with E-state index in [1.807, 2.05) is 0 Å². The Hall–Kier alpha value is -1.44. The summed E-state index contributed by atoms with van der Waals surface area (Å²) in [5.74, 6) is 3.68. The monoisotopic (exact) mass is 979 g/mol. The number of hydrogen-bond donors (Lipinski definition) is 0. The molecule has 0 aromatic heterocycles. The van der Waals surface area contributed by atoms with Crippen LogP contribution in [0.3, 0.4) is 0 Å². The fourth-order valence-corrected chi connectivity index (χ4v) is 8.99. The standard InChI is InChI=1S/C62H122O7/c1-9-15-21-27-29-31-33-35-37-43-49-59(64-51-45-39-23-17-11-3)61(66-53-47-41-25-19-13-5)57(7)68-55-63-56-69-58(8)62(67-54-48-42-26-20-14-6)60(65-52-46-40-24-18-12-4)50-44-38-36-34-32-30-28-22-16-10-2/h57-58H,9-56H2,1-8H3. The summed E-state index contributed by atoms with van der Waals surface area (Å²) in [6.45, 7) is 20.9. The van der Waals surface area contributed by atoms with Gasteiger partial charge in [0.05, 0.1) is 26.4 Å². The number of hydrogen-bond acceptors (Lipinski definition) is 7. The fourth-order valence-electron chi connectivity index (χ4n) is 8.99. The van der Waals surface area contributed by atoms with Gasteiger partial charge in [0.25, 0.3) is 0 Å². The van der Waals surface area contributed by atoms with Crippen molar-refractivity contribution in [2.45, 2.75) is 337 Å². The smallest absolute Gasteiger partial charge is 0.162 e. The van der Waals surface area contributed by atoms with E-state index in [2.05, 4.69) is 55.4 Å². The topological polar surface area (TPSA) is 64.6 Å². The molecule has 0 rings (SSSR count). The third kappa shape index (κ3) is 45.0. The summed E-state index contributed by atoms with van der Waals surface area (Å²) in [4.78, 5) is 0. The summed E-state index contributed by atoms with van der Waals surface area (Å²) in [6.07, 6.45) is 51.7. The maximum Gasteiger partial charge on any atom is 0.162 e. The van der Waals surface area contributed by atoms with Crippen LogP contribution in [0, 0.1) is 0 Å². The van der Waals surface area contributed by atoms with Gasteiger partial charge in [-0.15, -0.1) is 0 Å². The number of unbranched alkanes of at least 4 members (excludes halogenated alkanes) is 34. The minimum Gasteiger partial charge on any atom is -0.494 e. The molecule has 7 heteroatoms. The molecule has 0 heterocycles. The third-order valence-corrected chi connectivity index (χ3v) is 13.7. The van der Waals surface area contributed by atoms with Crippen LogP contribution < -0.4 is 0 Å². The van der Waals surface area contributed by atoms with Crippen LogP contribution >= 0.6 is 0 Å². The second-order valence-electron chi connectivity index (χ2n) is 20.5. The average Bonchev–Trinajstić information content (AvgIpc) is 3.35. The Kier molecular flexibility index (Phi) is 54.7. The fraction of sp³-hybridized carbons (Fsp3) is 0.935. The molecule has 0 radical (unpaired) electrons. The van der Waals surface area contributed by atoms with E-state index < -0.39 is 0 Å². The number of ether oxygens (including phenoxy) is 7. The molecule has 0 aliphatic carbocycles. The van der Waals surface area contributed by atoms with Gasteiger partial charge in [0.1, 0.15) is 23.7 Å². The van der Waals surface area contributed by atoms with Gasteiger partial charge in [-0.05, 0) is 52.4 Å². The summed E-state index contributed by atoms with van der Waals surface area (Å²) in [7, 11) is 0. The first-order chi connectivity index (χ1) is 34.0. The van der Waals surface area contributed by atoms with E-state index in [4.69, 9.17) is 33.2 Å². The lowest BCUT2D eigenvalue weighted by atomic mass is 10.0. The first-order valence-corrected chi connectivity index (χ1v) is 30.8. The van der Waals surface area contributed by atoms with Crippen LogP contribution in [0.15, 0.2) is 23.0 Å². The second-order valence-corrected chi connectivity index (χ2v) is 20.5. The number of allylic oxidation sites excluding steroid dienone is 2. The Labute approximate surface area is 431 Å². The molecule has 0 spiro atoms. The van der Waals surface area contributed by atoms with E-state index in [1.54, 1.807) is 0 Å². The molecule has 0 saturated heterocycles. The van der Waals surface area contributed by atoms with Crippen LogP contribution in [-0.2, 0) is 33.2 Å². The van der Waals surface area contributed by atoms with Crippen LogP contribution in [0.2, 0.25) is 0 Å². The Morgan fingerprint density at radius 2 is 0.478 bits per heavy atom. The Morgan fingerprint density at radius 3 is 0.739 bits per heavy atom. The minimum absolute atomic E-state index is 0.108. The first kappa shape index (κ1) is 67.6. The molecule has 2 unspecified atom stereocenters. The molecule has 0 aliphatic heterocycles. The van der Waals surface area contributed by atoms with Crippen molar-refractivity contribution in [3.05, 3.63) is 23.0 Å². The summed E-state index contributed by atoms with van der Waals surface area (Å²) in [5, 5.41) is 0. The molecule has 0 bridgehead atoms. The van der Waals surface area contributed by atoms with Gasteiger partial charge in [0.15, 0.2) is 25.1 Å². The van der Waals surface area contributed by atoms with Crippen molar-refractivity contribution in [3.8, 4) is 0 Å². The highest BCUT2D eigenvalue weighted by molar-refractivity contribution is 5.08. The van der Waals surface area contributed by atoms with Gasteiger partial charge in [0, 0.05) is 12.8 Å². The average molecular weight is 980 g/mol. The van der Waals surface area contributed by atoms with Crippen molar-refractivity contribution in [2.24, 2.45) is 0 Å². The molecule has 0 aromatic rings. The second kappa shape index (κ2) is 55.9. The summed E-state index contributed by atoms with van der Waals surface area (Å²) in [5.41, 5.74) is 0. The molecule has 0 fully saturated rings. The van der Waals surface area contributed by atoms with Crippen LogP contribution in [0.4, 0.5) is 0 Å². The molecule has 412 valence electrons. The van der Waals surface area contributed by atoms with Gasteiger partial charge in [-0.1, -0.05) is 260 Å². The van der Waals surface area contributed by atoms with E-state index in [-0.39, 0.29) is 25.8 Å². The molecule has 0 aliphatic rings. The van der Waals surface area contributed by atoms with Crippen LogP contribution in [0.25, 0.3) is 0 Å². The summed E-state index contributed by atoms with van der Waals surface area (Å²) in [6, 6.07) is 0. The maximum atomic E-state index is 6.65. The molecule has 0 N–H and O–H groups in total. The zero-order chi connectivity index (χ0) is 50.4. The summed E-state index contributed by atoms with van der Waals surface area (Å²) < 4.78 is 45.5. The van der Waals surface area contributed by atoms with Gasteiger partial charge >= 0.3 is 0 Å². The van der Waals surface area contributed by atoms with Gasteiger partial charge < -0.3 is 33.2 Å². The van der Waals surface area contributed by atoms with Crippen molar-refractivity contribution in [1.29, 1.82) is 0 Å². The lowest BCUT2D eigenvalue weighted by Gasteiger charge is -2.24. The van der Waals surface area contributed by atoms with Gasteiger partial charge in [0.2, 0.25) is 0 Å². The molecular formula is C62H122O7.